The lowest BCUT2D eigenvalue weighted by Crippen LogP contribution is -2.41. The Kier molecular flexibility index (Phi) is 5.46. The van der Waals surface area contributed by atoms with Crippen LogP contribution in [0, 0.1) is 12.8 Å². The van der Waals surface area contributed by atoms with Crippen LogP contribution in [0.1, 0.15) is 56.5 Å². The van der Waals surface area contributed by atoms with E-state index in [-0.39, 0.29) is 11.2 Å². The molecule has 1 saturated carbocycles. The third-order valence-corrected chi connectivity index (χ3v) is 4.94. The predicted octanol–water partition coefficient (Wildman–Crippen LogP) is 2.87. The monoisotopic (exact) mass is 297 g/mol. The largest absolute Gasteiger partial charge is 0.352 e. The number of aryl methyl sites for hydroxylation is 1. The summed E-state index contributed by atoms with van der Waals surface area (Å²) in [5.74, 6) is 2.36. The van der Waals surface area contributed by atoms with Gasteiger partial charge in [-0.15, -0.1) is 11.8 Å². The summed E-state index contributed by atoms with van der Waals surface area (Å²) in [6.45, 7) is 6.00. The predicted molar refractivity (Wildman–Crippen MR) is 79.5 cm³/mol. The second-order valence-corrected chi connectivity index (χ2v) is 6.90. The first-order valence-corrected chi connectivity index (χ1v) is 8.32. The minimum absolute atomic E-state index is 0.0470. The molecule has 1 amide bonds. The summed E-state index contributed by atoms with van der Waals surface area (Å²) in [5, 5.41) is 6.97. The molecule has 0 saturated heterocycles. The van der Waals surface area contributed by atoms with E-state index in [2.05, 4.69) is 22.4 Å². The number of nitrogens with zero attached hydrogens (tertiary/aromatic N) is 2. The number of amides is 1. The lowest BCUT2D eigenvalue weighted by Gasteiger charge is -2.29. The third kappa shape index (κ3) is 4.23. The van der Waals surface area contributed by atoms with Gasteiger partial charge in [-0.3, -0.25) is 4.79 Å². The van der Waals surface area contributed by atoms with E-state index in [0.29, 0.717) is 29.4 Å². The highest BCUT2D eigenvalue weighted by atomic mass is 32.2. The fourth-order valence-electron chi connectivity index (χ4n) is 2.53. The van der Waals surface area contributed by atoms with Gasteiger partial charge in [-0.2, -0.15) is 4.98 Å². The maximum Gasteiger partial charge on any atom is 0.239 e. The Hall–Kier alpha value is -1.04. The minimum Gasteiger partial charge on any atom is -0.352 e. The quantitative estimate of drug-likeness (QED) is 0.905. The van der Waals surface area contributed by atoms with Crippen molar-refractivity contribution in [1.82, 2.24) is 15.5 Å². The number of aromatic nitrogens is 2. The van der Waals surface area contributed by atoms with Gasteiger partial charge in [0.15, 0.2) is 5.82 Å². The summed E-state index contributed by atoms with van der Waals surface area (Å²) < 4.78 is 5.11. The SMILES string of the molecule is Cc1noc([C@H](C)SCC(=O)N[C@H]2CCCC[C@@H]2C)n1. The van der Waals surface area contributed by atoms with Crippen LogP contribution in [-0.2, 0) is 4.79 Å². The van der Waals surface area contributed by atoms with Crippen molar-refractivity contribution in [3.05, 3.63) is 11.7 Å². The van der Waals surface area contributed by atoms with E-state index in [1.165, 1.54) is 31.0 Å². The summed E-state index contributed by atoms with van der Waals surface area (Å²) in [6, 6.07) is 0.345. The molecule has 0 radical (unpaired) electrons. The normalized spacial score (nSPS) is 24.4. The van der Waals surface area contributed by atoms with Crippen LogP contribution >= 0.6 is 11.8 Å². The molecule has 0 spiro atoms. The van der Waals surface area contributed by atoms with Crippen LogP contribution in [0.4, 0.5) is 0 Å². The molecule has 1 N–H and O–H groups in total. The average Bonchev–Trinajstić information content (AvgIpc) is 2.85. The maximum absolute atomic E-state index is 12.0. The second-order valence-electron chi connectivity index (χ2n) is 5.57. The van der Waals surface area contributed by atoms with Gasteiger partial charge in [0.2, 0.25) is 11.8 Å². The van der Waals surface area contributed by atoms with Crippen molar-refractivity contribution in [3.63, 3.8) is 0 Å². The van der Waals surface area contributed by atoms with Crippen molar-refractivity contribution >= 4 is 17.7 Å². The highest BCUT2D eigenvalue weighted by Crippen LogP contribution is 2.27. The van der Waals surface area contributed by atoms with Gasteiger partial charge in [-0.05, 0) is 32.6 Å². The van der Waals surface area contributed by atoms with Gasteiger partial charge >= 0.3 is 0 Å². The molecule has 1 fully saturated rings. The molecule has 1 aromatic heterocycles. The van der Waals surface area contributed by atoms with Crippen LogP contribution in [0.25, 0.3) is 0 Å². The lowest BCUT2D eigenvalue weighted by atomic mass is 9.86. The molecule has 112 valence electrons. The highest BCUT2D eigenvalue weighted by Gasteiger charge is 2.23. The van der Waals surface area contributed by atoms with Crippen LogP contribution < -0.4 is 5.32 Å². The van der Waals surface area contributed by atoms with E-state index in [1.54, 1.807) is 6.92 Å². The number of nitrogens with one attached hydrogen (secondary N) is 1. The molecular weight excluding hydrogens is 274 g/mol. The molecule has 2 rings (SSSR count). The summed E-state index contributed by atoms with van der Waals surface area (Å²) in [6.07, 6.45) is 4.83. The van der Waals surface area contributed by atoms with E-state index in [4.69, 9.17) is 4.52 Å². The number of hydrogen-bond acceptors (Lipinski definition) is 5. The van der Waals surface area contributed by atoms with Crippen molar-refractivity contribution in [2.75, 3.05) is 5.75 Å². The van der Waals surface area contributed by atoms with Gasteiger partial charge in [0, 0.05) is 6.04 Å². The molecule has 0 aliphatic heterocycles. The van der Waals surface area contributed by atoms with Gasteiger partial charge in [0.05, 0.1) is 11.0 Å². The third-order valence-electron chi connectivity index (χ3n) is 3.81. The topological polar surface area (TPSA) is 68.0 Å². The Labute approximate surface area is 124 Å². The molecule has 1 aliphatic carbocycles. The molecule has 0 aromatic carbocycles. The van der Waals surface area contributed by atoms with Gasteiger partial charge < -0.3 is 9.84 Å². The molecule has 1 heterocycles. The molecule has 0 bridgehead atoms. The Morgan fingerprint density at radius 3 is 2.90 bits per heavy atom. The number of thioether (sulfide) groups is 1. The van der Waals surface area contributed by atoms with Gasteiger partial charge in [-0.25, -0.2) is 0 Å². The number of carbonyl (C=O) groups excluding carboxylic acids is 1. The fourth-order valence-corrected chi connectivity index (χ4v) is 3.25. The molecule has 6 heteroatoms. The molecule has 3 atom stereocenters. The smallest absolute Gasteiger partial charge is 0.239 e. The van der Waals surface area contributed by atoms with E-state index in [0.717, 1.165) is 6.42 Å². The zero-order chi connectivity index (χ0) is 14.5. The highest BCUT2D eigenvalue weighted by molar-refractivity contribution is 8.00. The molecule has 1 aromatic rings. The van der Waals surface area contributed by atoms with Gasteiger partial charge in [0.25, 0.3) is 0 Å². The first-order chi connectivity index (χ1) is 9.56. The summed E-state index contributed by atoms with van der Waals surface area (Å²) >= 11 is 1.53. The summed E-state index contributed by atoms with van der Waals surface area (Å²) in [4.78, 5) is 16.2. The zero-order valence-electron chi connectivity index (χ0n) is 12.4. The maximum atomic E-state index is 12.0. The van der Waals surface area contributed by atoms with Crippen molar-refractivity contribution in [2.45, 2.75) is 57.7 Å². The number of carbonyl (C=O) groups is 1. The van der Waals surface area contributed by atoms with Crippen molar-refractivity contribution < 1.29 is 9.32 Å². The van der Waals surface area contributed by atoms with E-state index >= 15 is 0 Å². The molecule has 0 unspecified atom stereocenters. The molecule has 1 aliphatic rings. The standard InChI is InChI=1S/C14H23N3O2S/c1-9-6-4-5-7-12(9)16-13(18)8-20-10(2)14-15-11(3)17-19-14/h9-10,12H,4-8H2,1-3H3,(H,16,18)/t9-,10-,12-/m0/s1. The first kappa shape index (κ1) is 15.4. The van der Waals surface area contributed by atoms with Crippen LogP contribution in [0.2, 0.25) is 0 Å². The van der Waals surface area contributed by atoms with Crippen molar-refractivity contribution in [1.29, 1.82) is 0 Å². The van der Waals surface area contributed by atoms with E-state index < -0.39 is 0 Å². The Balaban J connectivity index is 1.74. The van der Waals surface area contributed by atoms with Crippen molar-refractivity contribution in [3.8, 4) is 0 Å². The van der Waals surface area contributed by atoms with Gasteiger partial charge in [0.1, 0.15) is 0 Å². The van der Waals surface area contributed by atoms with Crippen molar-refractivity contribution in [2.24, 2.45) is 5.92 Å². The van der Waals surface area contributed by atoms with E-state index in [9.17, 15) is 4.79 Å². The Morgan fingerprint density at radius 2 is 2.25 bits per heavy atom. The minimum atomic E-state index is 0.0470. The van der Waals surface area contributed by atoms with E-state index in [1.807, 2.05) is 6.92 Å². The summed E-state index contributed by atoms with van der Waals surface area (Å²) in [7, 11) is 0. The van der Waals surface area contributed by atoms with Crippen LogP contribution in [0.3, 0.4) is 0 Å². The second kappa shape index (κ2) is 7.11. The molecule has 20 heavy (non-hydrogen) atoms. The molecule has 5 nitrogen and oxygen atoms in total. The lowest BCUT2D eigenvalue weighted by molar-refractivity contribution is -0.119. The zero-order valence-corrected chi connectivity index (χ0v) is 13.2. The molecular formula is C14H23N3O2S. The van der Waals surface area contributed by atoms with Gasteiger partial charge in [-0.1, -0.05) is 24.9 Å². The average molecular weight is 297 g/mol. The number of rotatable bonds is 5. The first-order valence-electron chi connectivity index (χ1n) is 7.27. The van der Waals surface area contributed by atoms with Crippen LogP contribution in [-0.4, -0.2) is 27.8 Å². The fraction of sp³-hybridized carbons (Fsp3) is 0.786. The Bertz CT molecular complexity index is 449. The summed E-state index contributed by atoms with van der Waals surface area (Å²) in [5.41, 5.74) is 0. The van der Waals surface area contributed by atoms with Crippen LogP contribution in [0.15, 0.2) is 4.52 Å². The Morgan fingerprint density at radius 1 is 1.50 bits per heavy atom. The van der Waals surface area contributed by atoms with Crippen LogP contribution in [0.5, 0.6) is 0 Å². The number of hydrogen-bond donors (Lipinski definition) is 1.